The first-order valence-electron chi connectivity index (χ1n) is 5.62. The minimum absolute atomic E-state index is 0.688. The van der Waals surface area contributed by atoms with Crippen LogP contribution in [0.1, 0.15) is 11.3 Å². The molecule has 0 spiro atoms. The van der Waals surface area contributed by atoms with Crippen LogP contribution in [0.2, 0.25) is 5.02 Å². The van der Waals surface area contributed by atoms with Crippen molar-refractivity contribution in [1.82, 2.24) is 9.55 Å². The van der Waals surface area contributed by atoms with Crippen LogP contribution in [-0.4, -0.2) is 16.7 Å². The second-order valence-corrected chi connectivity index (χ2v) is 4.65. The maximum atomic E-state index is 6.07. The first-order chi connectivity index (χ1) is 8.51. The van der Waals surface area contributed by atoms with E-state index in [1.54, 1.807) is 13.2 Å². The molecule has 96 valence electrons. The Morgan fingerprint density at radius 3 is 2.61 bits per heavy atom. The molecule has 0 fully saturated rings. The van der Waals surface area contributed by atoms with Crippen molar-refractivity contribution in [1.29, 1.82) is 0 Å². The van der Waals surface area contributed by atoms with Crippen molar-refractivity contribution in [3.8, 4) is 5.75 Å². The van der Waals surface area contributed by atoms with Gasteiger partial charge in [-0.2, -0.15) is 0 Å². The van der Waals surface area contributed by atoms with E-state index in [0.717, 1.165) is 22.9 Å². The second kappa shape index (κ2) is 4.90. The Labute approximate surface area is 112 Å². The third kappa shape index (κ3) is 2.43. The normalized spacial score (nSPS) is 10.5. The quantitative estimate of drug-likeness (QED) is 0.924. The van der Waals surface area contributed by atoms with Gasteiger partial charge in [-0.25, -0.2) is 4.98 Å². The lowest BCUT2D eigenvalue weighted by molar-refractivity contribution is 0.416. The number of methoxy groups -OCH3 is 1. The van der Waals surface area contributed by atoms with Crippen molar-refractivity contribution in [3.63, 3.8) is 0 Å². The molecule has 5 heteroatoms. The van der Waals surface area contributed by atoms with Gasteiger partial charge in [-0.3, -0.25) is 0 Å². The van der Waals surface area contributed by atoms with Gasteiger partial charge in [0.2, 0.25) is 5.95 Å². The van der Waals surface area contributed by atoms with Crippen LogP contribution in [0.25, 0.3) is 0 Å². The first-order valence-corrected chi connectivity index (χ1v) is 6.00. The zero-order chi connectivity index (χ0) is 13.3. The van der Waals surface area contributed by atoms with Crippen LogP contribution < -0.4 is 10.1 Å². The highest BCUT2D eigenvalue weighted by atomic mass is 35.5. The molecular formula is C13H16ClN3O. The minimum atomic E-state index is 0.688. The fraction of sp³-hybridized carbons (Fsp3) is 0.308. The van der Waals surface area contributed by atoms with E-state index in [2.05, 4.69) is 10.3 Å². The molecule has 2 aromatic rings. The molecule has 1 heterocycles. The van der Waals surface area contributed by atoms with Gasteiger partial charge in [0.05, 0.1) is 18.5 Å². The molecule has 1 N–H and O–H groups in total. The molecule has 0 aliphatic rings. The van der Waals surface area contributed by atoms with Crippen molar-refractivity contribution >= 4 is 23.2 Å². The molecule has 1 aromatic heterocycles. The predicted molar refractivity (Wildman–Crippen MR) is 74.0 cm³/mol. The lowest BCUT2D eigenvalue weighted by atomic mass is 10.2. The average molecular weight is 266 g/mol. The molecule has 0 aliphatic carbocycles. The van der Waals surface area contributed by atoms with Crippen LogP contribution in [0.15, 0.2) is 18.3 Å². The van der Waals surface area contributed by atoms with E-state index in [1.165, 1.54) is 0 Å². The third-order valence-electron chi connectivity index (χ3n) is 2.72. The fourth-order valence-electron chi connectivity index (χ4n) is 1.78. The van der Waals surface area contributed by atoms with Crippen LogP contribution in [0.3, 0.4) is 0 Å². The lowest BCUT2D eigenvalue weighted by Crippen LogP contribution is -2.01. The molecule has 0 bridgehead atoms. The van der Waals surface area contributed by atoms with Crippen molar-refractivity contribution < 1.29 is 4.74 Å². The standard InChI is InChI=1S/C13H16ClN3O/c1-8-5-11(12(18-4)6-10(8)14)16-13-15-9(2)7-17(13)3/h5-7H,1-4H3,(H,15,16). The number of ether oxygens (including phenoxy) is 1. The Morgan fingerprint density at radius 1 is 1.33 bits per heavy atom. The number of rotatable bonds is 3. The second-order valence-electron chi connectivity index (χ2n) is 4.24. The summed E-state index contributed by atoms with van der Waals surface area (Å²) in [7, 11) is 3.56. The van der Waals surface area contributed by atoms with Crippen LogP contribution in [0.5, 0.6) is 5.75 Å². The Hall–Kier alpha value is -1.68. The van der Waals surface area contributed by atoms with E-state index in [1.807, 2.05) is 37.7 Å². The summed E-state index contributed by atoms with van der Waals surface area (Å²) in [5.74, 6) is 1.47. The summed E-state index contributed by atoms with van der Waals surface area (Å²) in [4.78, 5) is 4.40. The van der Waals surface area contributed by atoms with E-state index in [-0.39, 0.29) is 0 Å². The van der Waals surface area contributed by atoms with Crippen LogP contribution >= 0.6 is 11.6 Å². The predicted octanol–water partition coefficient (Wildman–Crippen LogP) is 3.44. The monoisotopic (exact) mass is 265 g/mol. The summed E-state index contributed by atoms with van der Waals surface area (Å²) >= 11 is 6.07. The third-order valence-corrected chi connectivity index (χ3v) is 3.13. The van der Waals surface area contributed by atoms with Crippen molar-refractivity contribution in [3.05, 3.63) is 34.6 Å². The topological polar surface area (TPSA) is 39.1 Å². The largest absolute Gasteiger partial charge is 0.495 e. The molecular weight excluding hydrogens is 250 g/mol. The van der Waals surface area contributed by atoms with Gasteiger partial charge in [-0.1, -0.05) is 11.6 Å². The average Bonchev–Trinajstić information content (AvgIpc) is 2.62. The van der Waals surface area contributed by atoms with Crippen molar-refractivity contribution in [2.24, 2.45) is 7.05 Å². The van der Waals surface area contributed by atoms with Gasteiger partial charge >= 0.3 is 0 Å². The van der Waals surface area contributed by atoms with Crippen molar-refractivity contribution in [2.75, 3.05) is 12.4 Å². The number of halogens is 1. The van der Waals surface area contributed by atoms with Crippen molar-refractivity contribution in [2.45, 2.75) is 13.8 Å². The maximum Gasteiger partial charge on any atom is 0.207 e. The number of hydrogen-bond donors (Lipinski definition) is 1. The van der Waals surface area contributed by atoms with E-state index in [4.69, 9.17) is 16.3 Å². The van der Waals surface area contributed by atoms with Gasteiger partial charge in [0.15, 0.2) is 0 Å². The summed E-state index contributed by atoms with van der Waals surface area (Å²) in [5.41, 5.74) is 2.81. The van der Waals surface area contributed by atoms with E-state index in [0.29, 0.717) is 10.8 Å². The van der Waals surface area contributed by atoms with Gasteiger partial charge in [0, 0.05) is 24.3 Å². The molecule has 0 atom stereocenters. The van der Waals surface area contributed by atoms with Crippen LogP contribution in [0, 0.1) is 13.8 Å². The van der Waals surface area contributed by atoms with Gasteiger partial charge < -0.3 is 14.6 Å². The Morgan fingerprint density at radius 2 is 2.06 bits per heavy atom. The molecule has 0 saturated heterocycles. The molecule has 4 nitrogen and oxygen atoms in total. The Kier molecular flexibility index (Phi) is 3.48. The van der Waals surface area contributed by atoms with E-state index < -0.39 is 0 Å². The van der Waals surface area contributed by atoms with Gasteiger partial charge in [0.25, 0.3) is 0 Å². The molecule has 0 aliphatic heterocycles. The number of nitrogens with one attached hydrogen (secondary N) is 1. The number of anilines is 2. The van der Waals surface area contributed by atoms with Gasteiger partial charge in [-0.15, -0.1) is 0 Å². The zero-order valence-corrected chi connectivity index (χ0v) is 11.7. The summed E-state index contributed by atoms with van der Waals surface area (Å²) in [6.07, 6.45) is 1.96. The maximum absolute atomic E-state index is 6.07. The van der Waals surface area contributed by atoms with E-state index >= 15 is 0 Å². The molecule has 0 radical (unpaired) electrons. The Bertz CT molecular complexity index is 578. The summed E-state index contributed by atoms with van der Waals surface area (Å²) in [6, 6.07) is 3.75. The number of hydrogen-bond acceptors (Lipinski definition) is 3. The SMILES string of the molecule is COc1cc(Cl)c(C)cc1Nc1nc(C)cn1C. The van der Waals surface area contributed by atoms with Crippen LogP contribution in [-0.2, 0) is 7.05 Å². The lowest BCUT2D eigenvalue weighted by Gasteiger charge is -2.12. The summed E-state index contributed by atoms with van der Waals surface area (Å²) < 4.78 is 7.25. The highest BCUT2D eigenvalue weighted by molar-refractivity contribution is 6.31. The van der Waals surface area contributed by atoms with E-state index in [9.17, 15) is 0 Å². The molecule has 2 rings (SSSR count). The number of aromatic nitrogens is 2. The first kappa shape index (κ1) is 12.8. The molecule has 0 unspecified atom stereocenters. The van der Waals surface area contributed by atoms with Gasteiger partial charge in [-0.05, 0) is 25.5 Å². The highest BCUT2D eigenvalue weighted by Crippen LogP contribution is 2.32. The summed E-state index contributed by atoms with van der Waals surface area (Å²) in [6.45, 7) is 3.91. The number of benzene rings is 1. The molecule has 0 amide bonds. The van der Waals surface area contributed by atoms with Crippen LogP contribution in [0.4, 0.5) is 11.6 Å². The fourth-order valence-corrected chi connectivity index (χ4v) is 1.94. The summed E-state index contributed by atoms with van der Waals surface area (Å²) in [5, 5.41) is 3.94. The smallest absolute Gasteiger partial charge is 0.207 e. The number of imidazole rings is 1. The Balaban J connectivity index is 2.39. The highest BCUT2D eigenvalue weighted by Gasteiger charge is 2.09. The number of aryl methyl sites for hydroxylation is 3. The number of nitrogens with zero attached hydrogens (tertiary/aromatic N) is 2. The zero-order valence-electron chi connectivity index (χ0n) is 10.9. The molecule has 0 saturated carbocycles. The minimum Gasteiger partial charge on any atom is -0.495 e. The van der Waals surface area contributed by atoms with Gasteiger partial charge in [0.1, 0.15) is 5.75 Å². The molecule has 1 aromatic carbocycles. The molecule has 18 heavy (non-hydrogen) atoms.